The fourth-order valence-electron chi connectivity index (χ4n) is 1.94. The van der Waals surface area contributed by atoms with Gasteiger partial charge >= 0.3 is 0 Å². The zero-order valence-electron chi connectivity index (χ0n) is 9.85. The monoisotopic (exact) mass is 237 g/mol. The topological polar surface area (TPSA) is 61.7 Å². The van der Waals surface area contributed by atoms with E-state index in [1.54, 1.807) is 0 Å². The highest BCUT2D eigenvalue weighted by Gasteiger charge is 2.31. The number of nitrogens with one attached hydrogen (secondary N) is 1. The minimum atomic E-state index is -0.703. The Hall–Kier alpha value is -0.940. The van der Waals surface area contributed by atoms with Gasteiger partial charge in [-0.1, -0.05) is 24.3 Å². The molecule has 2 rings (SSSR count). The van der Waals surface area contributed by atoms with E-state index in [-0.39, 0.29) is 6.61 Å². The van der Waals surface area contributed by atoms with Gasteiger partial charge in [0.2, 0.25) is 0 Å². The summed E-state index contributed by atoms with van der Waals surface area (Å²) in [5, 5.41) is 22.2. The van der Waals surface area contributed by atoms with Crippen LogP contribution in [0.2, 0.25) is 0 Å². The first-order valence-corrected chi connectivity index (χ1v) is 5.91. The summed E-state index contributed by atoms with van der Waals surface area (Å²) in [4.78, 5) is 0. The summed E-state index contributed by atoms with van der Waals surface area (Å²) < 4.78 is 5.18. The Morgan fingerprint density at radius 3 is 2.53 bits per heavy atom. The van der Waals surface area contributed by atoms with E-state index < -0.39 is 5.60 Å². The SMILES string of the molecule is OCc1ccc(CNCC2(O)CCOC2)cc1. The second-order valence-corrected chi connectivity index (χ2v) is 4.61. The number of benzene rings is 1. The van der Waals surface area contributed by atoms with Crippen molar-refractivity contribution in [3.8, 4) is 0 Å². The number of hydrogen-bond donors (Lipinski definition) is 3. The molecule has 1 aliphatic rings. The Bertz CT molecular complexity index is 344. The van der Waals surface area contributed by atoms with Crippen molar-refractivity contribution in [3.63, 3.8) is 0 Å². The van der Waals surface area contributed by atoms with Crippen LogP contribution in [0.4, 0.5) is 0 Å². The molecule has 0 saturated carbocycles. The van der Waals surface area contributed by atoms with E-state index in [2.05, 4.69) is 5.32 Å². The first kappa shape index (κ1) is 12.5. The van der Waals surface area contributed by atoms with E-state index >= 15 is 0 Å². The molecule has 4 heteroatoms. The Balaban J connectivity index is 1.77. The van der Waals surface area contributed by atoms with E-state index in [0.717, 1.165) is 11.1 Å². The van der Waals surface area contributed by atoms with E-state index in [0.29, 0.717) is 32.7 Å². The molecule has 1 aromatic rings. The Morgan fingerprint density at radius 2 is 1.94 bits per heavy atom. The quantitative estimate of drug-likeness (QED) is 0.694. The van der Waals surface area contributed by atoms with Crippen molar-refractivity contribution >= 4 is 0 Å². The Labute approximate surface area is 101 Å². The first-order valence-electron chi connectivity index (χ1n) is 5.91. The van der Waals surface area contributed by atoms with Gasteiger partial charge in [-0.3, -0.25) is 0 Å². The maximum atomic E-state index is 10.0. The van der Waals surface area contributed by atoms with Crippen LogP contribution in [0.3, 0.4) is 0 Å². The predicted molar refractivity (Wildman–Crippen MR) is 64.5 cm³/mol. The lowest BCUT2D eigenvalue weighted by atomic mass is 10.0. The number of aliphatic hydroxyl groups is 2. The molecular weight excluding hydrogens is 218 g/mol. The van der Waals surface area contributed by atoms with Crippen molar-refractivity contribution in [1.82, 2.24) is 5.32 Å². The van der Waals surface area contributed by atoms with Crippen LogP contribution in [-0.2, 0) is 17.9 Å². The maximum absolute atomic E-state index is 10.0. The largest absolute Gasteiger partial charge is 0.392 e. The molecule has 1 heterocycles. The minimum Gasteiger partial charge on any atom is -0.392 e. The third kappa shape index (κ3) is 3.51. The molecule has 1 atom stereocenters. The van der Waals surface area contributed by atoms with Crippen molar-refractivity contribution in [2.75, 3.05) is 19.8 Å². The zero-order chi connectivity index (χ0) is 12.1. The highest BCUT2D eigenvalue weighted by Crippen LogP contribution is 2.17. The van der Waals surface area contributed by atoms with Gasteiger partial charge in [0.25, 0.3) is 0 Å². The van der Waals surface area contributed by atoms with Gasteiger partial charge in [-0.05, 0) is 11.1 Å². The second kappa shape index (κ2) is 5.60. The van der Waals surface area contributed by atoms with Crippen LogP contribution >= 0.6 is 0 Å². The van der Waals surface area contributed by atoms with Gasteiger partial charge in [-0.2, -0.15) is 0 Å². The van der Waals surface area contributed by atoms with Crippen LogP contribution < -0.4 is 5.32 Å². The van der Waals surface area contributed by atoms with Crippen LogP contribution in [-0.4, -0.2) is 35.6 Å². The van der Waals surface area contributed by atoms with Gasteiger partial charge in [-0.15, -0.1) is 0 Å². The van der Waals surface area contributed by atoms with Gasteiger partial charge in [0, 0.05) is 26.1 Å². The average molecular weight is 237 g/mol. The van der Waals surface area contributed by atoms with Gasteiger partial charge in [0.05, 0.1) is 13.2 Å². The lowest BCUT2D eigenvalue weighted by Crippen LogP contribution is -2.40. The van der Waals surface area contributed by atoms with Crippen molar-refractivity contribution < 1.29 is 14.9 Å². The molecule has 0 radical (unpaired) electrons. The molecule has 1 fully saturated rings. The zero-order valence-corrected chi connectivity index (χ0v) is 9.85. The average Bonchev–Trinajstić information content (AvgIpc) is 2.77. The fourth-order valence-corrected chi connectivity index (χ4v) is 1.94. The summed E-state index contributed by atoms with van der Waals surface area (Å²) in [7, 11) is 0. The van der Waals surface area contributed by atoms with E-state index in [4.69, 9.17) is 9.84 Å². The molecule has 1 unspecified atom stereocenters. The molecule has 1 aliphatic heterocycles. The lowest BCUT2D eigenvalue weighted by molar-refractivity contribution is 0.0268. The summed E-state index contributed by atoms with van der Waals surface area (Å²) in [5.74, 6) is 0. The smallest absolute Gasteiger partial charge is 0.102 e. The summed E-state index contributed by atoms with van der Waals surface area (Å²) in [5.41, 5.74) is 1.35. The molecule has 1 saturated heterocycles. The van der Waals surface area contributed by atoms with Gasteiger partial charge in [0.15, 0.2) is 0 Å². The van der Waals surface area contributed by atoms with Crippen molar-refractivity contribution in [1.29, 1.82) is 0 Å². The van der Waals surface area contributed by atoms with Gasteiger partial charge in [-0.25, -0.2) is 0 Å². The third-order valence-electron chi connectivity index (χ3n) is 3.07. The van der Waals surface area contributed by atoms with Crippen LogP contribution in [0.5, 0.6) is 0 Å². The van der Waals surface area contributed by atoms with Crippen molar-refractivity contribution in [2.24, 2.45) is 0 Å². The summed E-state index contributed by atoms with van der Waals surface area (Å²) in [6.45, 7) is 2.40. The molecule has 94 valence electrons. The first-order chi connectivity index (χ1) is 8.22. The van der Waals surface area contributed by atoms with Crippen LogP contribution in [0.1, 0.15) is 17.5 Å². The highest BCUT2D eigenvalue weighted by molar-refractivity contribution is 5.21. The normalized spacial score (nSPS) is 24.1. The molecular formula is C13H19NO3. The highest BCUT2D eigenvalue weighted by atomic mass is 16.5. The molecule has 0 spiro atoms. The predicted octanol–water partition coefficient (Wildman–Crippen LogP) is 0.420. The fraction of sp³-hybridized carbons (Fsp3) is 0.538. The molecule has 0 bridgehead atoms. The number of hydrogen-bond acceptors (Lipinski definition) is 4. The van der Waals surface area contributed by atoms with Crippen LogP contribution in [0, 0.1) is 0 Å². The standard InChI is InChI=1S/C13H19NO3/c15-8-12-3-1-11(2-4-12)7-14-9-13(16)5-6-17-10-13/h1-4,14-16H,5-10H2. The minimum absolute atomic E-state index is 0.0742. The third-order valence-corrected chi connectivity index (χ3v) is 3.07. The summed E-state index contributed by atoms with van der Waals surface area (Å²) in [6.07, 6.45) is 0.698. The second-order valence-electron chi connectivity index (χ2n) is 4.61. The summed E-state index contributed by atoms with van der Waals surface area (Å²) in [6, 6.07) is 7.77. The van der Waals surface area contributed by atoms with E-state index in [1.165, 1.54) is 0 Å². The number of rotatable bonds is 5. The number of aliphatic hydroxyl groups excluding tert-OH is 1. The molecule has 4 nitrogen and oxygen atoms in total. The molecule has 0 aromatic heterocycles. The van der Waals surface area contributed by atoms with Gasteiger partial charge < -0.3 is 20.3 Å². The lowest BCUT2D eigenvalue weighted by Gasteiger charge is -2.20. The van der Waals surface area contributed by atoms with Crippen molar-refractivity contribution in [2.45, 2.75) is 25.2 Å². The van der Waals surface area contributed by atoms with E-state index in [1.807, 2.05) is 24.3 Å². The molecule has 1 aromatic carbocycles. The molecule has 0 aliphatic carbocycles. The Morgan fingerprint density at radius 1 is 1.24 bits per heavy atom. The molecule has 3 N–H and O–H groups in total. The van der Waals surface area contributed by atoms with Gasteiger partial charge in [0.1, 0.15) is 5.60 Å². The van der Waals surface area contributed by atoms with Crippen LogP contribution in [0.25, 0.3) is 0 Å². The number of ether oxygens (including phenoxy) is 1. The van der Waals surface area contributed by atoms with E-state index in [9.17, 15) is 5.11 Å². The molecule has 17 heavy (non-hydrogen) atoms. The van der Waals surface area contributed by atoms with Crippen LogP contribution in [0.15, 0.2) is 24.3 Å². The Kier molecular flexibility index (Phi) is 4.12. The maximum Gasteiger partial charge on any atom is 0.102 e. The molecule has 0 amide bonds. The summed E-state index contributed by atoms with van der Waals surface area (Å²) >= 11 is 0. The van der Waals surface area contributed by atoms with Crippen molar-refractivity contribution in [3.05, 3.63) is 35.4 Å².